The van der Waals surface area contributed by atoms with E-state index in [1.54, 1.807) is 11.8 Å². The van der Waals surface area contributed by atoms with Gasteiger partial charge in [-0.3, -0.25) is 0 Å². The first kappa shape index (κ1) is 14.4. The highest BCUT2D eigenvalue weighted by atomic mass is 19.1. The van der Waals surface area contributed by atoms with Crippen molar-refractivity contribution in [2.45, 2.75) is 19.1 Å². The Labute approximate surface area is 125 Å². The molecule has 1 aliphatic heterocycles. The third-order valence-corrected chi connectivity index (χ3v) is 3.75. The Kier molecular flexibility index (Phi) is 3.48. The first-order valence-corrected chi connectivity index (χ1v) is 6.74. The van der Waals surface area contributed by atoms with Crippen molar-refractivity contribution in [1.82, 2.24) is 9.97 Å². The summed E-state index contributed by atoms with van der Waals surface area (Å²) in [6, 6.07) is 5.14. The van der Waals surface area contributed by atoms with Crippen LogP contribution in [0.5, 0.6) is 0 Å². The number of hydrogen-bond donors (Lipinski definition) is 1. The average Bonchev–Trinajstić information content (AvgIpc) is 2.52. The van der Waals surface area contributed by atoms with Gasteiger partial charge in [-0.25, -0.2) is 23.5 Å². The van der Waals surface area contributed by atoms with E-state index in [1.807, 2.05) is 0 Å². The fraction of sp³-hybridized carbons (Fsp3) is 0.267. The van der Waals surface area contributed by atoms with Crippen molar-refractivity contribution in [3.63, 3.8) is 0 Å². The second kappa shape index (κ2) is 5.32. The first-order chi connectivity index (χ1) is 10.5. The van der Waals surface area contributed by atoms with Crippen LogP contribution in [-0.4, -0.2) is 39.8 Å². The monoisotopic (exact) mass is 305 g/mol. The molecule has 5 nitrogen and oxygen atoms in total. The number of aromatic nitrogens is 2. The maximum atomic E-state index is 13.4. The first-order valence-electron chi connectivity index (χ1n) is 6.74. The molecule has 0 amide bonds. The van der Waals surface area contributed by atoms with Crippen LogP contribution in [0, 0.1) is 5.82 Å². The molecule has 2 atom stereocenters. The van der Waals surface area contributed by atoms with Gasteiger partial charge < -0.3 is 10.0 Å². The molecular formula is C15H13F2N3O2. The van der Waals surface area contributed by atoms with Gasteiger partial charge in [-0.1, -0.05) is 0 Å². The van der Waals surface area contributed by atoms with Crippen molar-refractivity contribution in [2.75, 3.05) is 11.4 Å². The van der Waals surface area contributed by atoms with Crippen molar-refractivity contribution in [2.24, 2.45) is 0 Å². The van der Waals surface area contributed by atoms with Gasteiger partial charge in [-0.2, -0.15) is 0 Å². The summed E-state index contributed by atoms with van der Waals surface area (Å²) >= 11 is 0. The van der Waals surface area contributed by atoms with E-state index < -0.39 is 18.0 Å². The van der Waals surface area contributed by atoms with Crippen LogP contribution < -0.4 is 4.90 Å². The minimum atomic E-state index is -1.21. The summed E-state index contributed by atoms with van der Waals surface area (Å²) in [6.07, 6.45) is 0.185. The molecule has 0 aliphatic carbocycles. The molecule has 1 aromatic carbocycles. The summed E-state index contributed by atoms with van der Waals surface area (Å²) < 4.78 is 26.5. The van der Waals surface area contributed by atoms with Gasteiger partial charge in [-0.05, 0) is 31.2 Å². The number of alkyl halides is 1. The van der Waals surface area contributed by atoms with Crippen LogP contribution in [-0.2, 0) is 0 Å². The molecule has 0 spiro atoms. The quantitative estimate of drug-likeness (QED) is 0.944. The number of carboxylic acids is 1. The minimum absolute atomic E-state index is 0.177. The van der Waals surface area contributed by atoms with Gasteiger partial charge in [0.15, 0.2) is 11.5 Å². The number of halogens is 2. The molecule has 1 aliphatic rings. The zero-order valence-electron chi connectivity index (χ0n) is 11.7. The highest BCUT2D eigenvalue weighted by Crippen LogP contribution is 2.34. The average molecular weight is 305 g/mol. The number of carbonyl (C=O) groups is 1. The van der Waals surface area contributed by atoms with E-state index in [2.05, 4.69) is 9.97 Å². The normalized spacial score (nSPS) is 20.6. The Morgan fingerprint density at radius 1 is 1.36 bits per heavy atom. The van der Waals surface area contributed by atoms with Crippen molar-refractivity contribution in [3.05, 3.63) is 42.0 Å². The van der Waals surface area contributed by atoms with E-state index in [0.29, 0.717) is 17.1 Å². The number of hydrogen-bond acceptors (Lipinski definition) is 4. The SMILES string of the molecule is C[C@@H]1[C@@H](F)CN1c1ncc(C(=O)O)nc1-c1ccc(F)cc1. The molecule has 1 aromatic heterocycles. The van der Waals surface area contributed by atoms with Crippen LogP contribution in [0.15, 0.2) is 30.5 Å². The fourth-order valence-electron chi connectivity index (χ4n) is 2.34. The minimum Gasteiger partial charge on any atom is -0.476 e. The Hall–Kier alpha value is -2.57. The molecule has 0 unspecified atom stereocenters. The molecule has 1 saturated heterocycles. The van der Waals surface area contributed by atoms with E-state index in [-0.39, 0.29) is 18.3 Å². The zero-order chi connectivity index (χ0) is 15.9. The number of anilines is 1. The van der Waals surface area contributed by atoms with Gasteiger partial charge in [0, 0.05) is 5.56 Å². The Bertz CT molecular complexity index is 721. The van der Waals surface area contributed by atoms with Crippen LogP contribution in [0.1, 0.15) is 17.4 Å². The molecule has 22 heavy (non-hydrogen) atoms. The zero-order valence-corrected chi connectivity index (χ0v) is 11.7. The molecule has 0 bridgehead atoms. The maximum absolute atomic E-state index is 13.4. The van der Waals surface area contributed by atoms with Gasteiger partial charge in [0.1, 0.15) is 17.7 Å². The third-order valence-electron chi connectivity index (χ3n) is 3.75. The highest BCUT2D eigenvalue weighted by Gasteiger charge is 2.38. The number of carboxylic acid groups (broad SMARTS) is 1. The number of nitrogens with zero attached hydrogens (tertiary/aromatic N) is 3. The molecule has 0 radical (unpaired) electrons. The lowest BCUT2D eigenvalue weighted by molar-refractivity contribution is 0.0690. The van der Waals surface area contributed by atoms with Crippen molar-refractivity contribution < 1.29 is 18.7 Å². The summed E-state index contributed by atoms with van der Waals surface area (Å²) in [5.74, 6) is -1.21. The van der Waals surface area contributed by atoms with Gasteiger partial charge in [0.2, 0.25) is 0 Å². The lowest BCUT2D eigenvalue weighted by atomic mass is 10.0. The molecule has 114 valence electrons. The summed E-state index contributed by atoms with van der Waals surface area (Å²) in [6.45, 7) is 1.89. The summed E-state index contributed by atoms with van der Waals surface area (Å²) in [5.41, 5.74) is 0.619. The van der Waals surface area contributed by atoms with Crippen LogP contribution in [0.2, 0.25) is 0 Å². The van der Waals surface area contributed by atoms with E-state index >= 15 is 0 Å². The molecule has 3 rings (SSSR count). The number of benzene rings is 1. The topological polar surface area (TPSA) is 66.3 Å². The maximum Gasteiger partial charge on any atom is 0.356 e. The molecule has 1 N–H and O–H groups in total. The summed E-state index contributed by atoms with van der Waals surface area (Å²) in [4.78, 5) is 21.0. The van der Waals surface area contributed by atoms with Gasteiger partial charge in [0.05, 0.1) is 18.8 Å². The fourth-order valence-corrected chi connectivity index (χ4v) is 2.34. The largest absolute Gasteiger partial charge is 0.476 e. The predicted molar refractivity (Wildman–Crippen MR) is 76.1 cm³/mol. The molecule has 1 fully saturated rings. The third kappa shape index (κ3) is 2.38. The van der Waals surface area contributed by atoms with E-state index in [0.717, 1.165) is 6.20 Å². The Morgan fingerprint density at radius 2 is 2.05 bits per heavy atom. The second-order valence-electron chi connectivity index (χ2n) is 5.15. The van der Waals surface area contributed by atoms with Gasteiger partial charge >= 0.3 is 5.97 Å². The van der Waals surface area contributed by atoms with Crippen molar-refractivity contribution in [1.29, 1.82) is 0 Å². The molecular weight excluding hydrogens is 292 g/mol. The van der Waals surface area contributed by atoms with Crippen LogP contribution in [0.4, 0.5) is 14.6 Å². The van der Waals surface area contributed by atoms with Gasteiger partial charge in [0.25, 0.3) is 0 Å². The number of aromatic carboxylic acids is 1. The Morgan fingerprint density at radius 3 is 2.59 bits per heavy atom. The Balaban J connectivity index is 2.09. The summed E-state index contributed by atoms with van der Waals surface area (Å²) in [5, 5.41) is 9.06. The molecule has 2 heterocycles. The smallest absolute Gasteiger partial charge is 0.356 e. The second-order valence-corrected chi connectivity index (χ2v) is 5.15. The van der Waals surface area contributed by atoms with Crippen LogP contribution in [0.25, 0.3) is 11.3 Å². The van der Waals surface area contributed by atoms with Crippen LogP contribution in [0.3, 0.4) is 0 Å². The lowest BCUT2D eigenvalue weighted by Gasteiger charge is -2.43. The predicted octanol–water partition coefficient (Wildman–Crippen LogP) is 2.53. The highest BCUT2D eigenvalue weighted by molar-refractivity contribution is 5.87. The van der Waals surface area contributed by atoms with Crippen molar-refractivity contribution >= 4 is 11.8 Å². The van der Waals surface area contributed by atoms with E-state index in [1.165, 1.54) is 24.3 Å². The molecule has 2 aromatic rings. The van der Waals surface area contributed by atoms with E-state index in [4.69, 9.17) is 5.11 Å². The standard InChI is InChI=1S/C15H13F2N3O2/c1-8-11(17)7-20(8)14-13(9-2-4-10(16)5-3-9)19-12(6-18-14)15(21)22/h2-6,8,11H,7H2,1H3,(H,21,22)/t8-,11+/m1/s1. The van der Waals surface area contributed by atoms with Crippen molar-refractivity contribution in [3.8, 4) is 11.3 Å². The molecule has 0 saturated carbocycles. The van der Waals surface area contributed by atoms with E-state index in [9.17, 15) is 13.6 Å². The number of rotatable bonds is 3. The van der Waals surface area contributed by atoms with Gasteiger partial charge in [-0.15, -0.1) is 0 Å². The summed E-state index contributed by atoms with van der Waals surface area (Å²) in [7, 11) is 0. The molecule has 7 heteroatoms. The van der Waals surface area contributed by atoms with Crippen LogP contribution >= 0.6 is 0 Å². The lowest BCUT2D eigenvalue weighted by Crippen LogP contribution is -2.57.